The first kappa shape index (κ1) is 19.6. The molecule has 0 aromatic heterocycles. The van der Waals surface area contributed by atoms with E-state index in [1.807, 2.05) is 0 Å². The van der Waals surface area contributed by atoms with E-state index in [4.69, 9.17) is 9.47 Å². The average Bonchev–Trinajstić information content (AvgIpc) is 2.48. The van der Waals surface area contributed by atoms with Crippen molar-refractivity contribution < 1.29 is 29.5 Å². The van der Waals surface area contributed by atoms with Crippen molar-refractivity contribution in [3.63, 3.8) is 0 Å². The largest absolute Gasteiger partial charge is 0.769 e. The van der Waals surface area contributed by atoms with Crippen molar-refractivity contribution in [2.24, 2.45) is 0 Å². The summed E-state index contributed by atoms with van der Waals surface area (Å²) in [6.45, 7) is 3.39. The van der Waals surface area contributed by atoms with Gasteiger partial charge >= 0.3 is 11.9 Å². The summed E-state index contributed by atoms with van der Waals surface area (Å²) < 4.78 is 9.48. The van der Waals surface area contributed by atoms with Gasteiger partial charge in [0.15, 0.2) is 0 Å². The molecule has 0 radical (unpaired) electrons. The van der Waals surface area contributed by atoms with Crippen molar-refractivity contribution >= 4 is 23.3 Å². The lowest BCUT2D eigenvalue weighted by Crippen LogP contribution is -2.19. The summed E-state index contributed by atoms with van der Waals surface area (Å²) in [5, 5.41) is 40.0. The van der Waals surface area contributed by atoms with Crippen LogP contribution in [0.5, 0.6) is 0 Å². The number of nitrogens with zero attached hydrogens (tertiary/aromatic N) is 2. The minimum Gasteiger partial charge on any atom is -0.769 e. The molecule has 24 heavy (non-hydrogen) atoms. The maximum atomic E-state index is 11.6. The van der Waals surface area contributed by atoms with Gasteiger partial charge in [0.05, 0.1) is 31.7 Å². The smallest absolute Gasteiger partial charge is 0.310 e. The second-order valence-corrected chi connectivity index (χ2v) is 4.62. The highest BCUT2D eigenvalue weighted by molar-refractivity contribution is 5.80. The minimum atomic E-state index is -0.730. The van der Waals surface area contributed by atoms with E-state index >= 15 is 0 Å². The van der Waals surface area contributed by atoms with Gasteiger partial charge < -0.3 is 25.1 Å². The average molecular weight is 342 g/mol. The van der Waals surface area contributed by atoms with Crippen molar-refractivity contribution in [2.45, 2.75) is 26.7 Å². The Hall–Kier alpha value is -2.40. The molecule has 0 unspecified atom stereocenters. The van der Waals surface area contributed by atoms with Gasteiger partial charge in [-0.2, -0.15) is 0 Å². The van der Waals surface area contributed by atoms with E-state index < -0.39 is 35.7 Å². The summed E-state index contributed by atoms with van der Waals surface area (Å²) in [5.41, 5.74) is -0.812. The third kappa shape index (κ3) is 5.35. The second-order valence-electron chi connectivity index (χ2n) is 4.62. The van der Waals surface area contributed by atoms with Crippen LogP contribution in [0.1, 0.15) is 25.0 Å². The van der Waals surface area contributed by atoms with Crippen molar-refractivity contribution in [1.82, 2.24) is 0 Å². The third-order valence-corrected chi connectivity index (χ3v) is 2.97. The second kappa shape index (κ2) is 9.03. The molecule has 1 rings (SSSR count). The molecule has 0 amide bonds. The Morgan fingerprint density at radius 2 is 1.38 bits per heavy atom. The first-order chi connectivity index (χ1) is 11.3. The van der Waals surface area contributed by atoms with Gasteiger partial charge in [-0.3, -0.25) is 20.0 Å². The highest BCUT2D eigenvalue weighted by Crippen LogP contribution is 2.30. The van der Waals surface area contributed by atoms with Gasteiger partial charge in [0.25, 0.3) is 0 Å². The van der Waals surface area contributed by atoms with Crippen LogP contribution in [-0.4, -0.2) is 35.6 Å². The van der Waals surface area contributed by atoms with Crippen LogP contribution in [0.25, 0.3) is 0 Å². The first-order valence-electron chi connectivity index (χ1n) is 7.09. The molecule has 0 aliphatic heterocycles. The van der Waals surface area contributed by atoms with E-state index in [0.717, 1.165) is 12.1 Å². The summed E-state index contributed by atoms with van der Waals surface area (Å²) in [6.07, 6.45) is -0.827. The monoisotopic (exact) mass is 342 g/mol. The van der Waals surface area contributed by atoms with E-state index in [0.29, 0.717) is 0 Å². The highest BCUT2D eigenvalue weighted by atomic mass is 16.8. The van der Waals surface area contributed by atoms with Crippen LogP contribution in [0.3, 0.4) is 0 Å². The van der Waals surface area contributed by atoms with Gasteiger partial charge in [-0.1, -0.05) is 0 Å². The van der Waals surface area contributed by atoms with Crippen LogP contribution in [-0.2, 0) is 31.9 Å². The standard InChI is InChI=1S/C14H18N2O8/c1-3-23-13(17)7-9-5-12(16(21)22)10(6-11(9)15(19)20)8-14(18)24-4-2/h5-6,19-20H,3-4,7-8H2,1-2H3/q-2. The number of anilines is 2. The Labute approximate surface area is 137 Å². The maximum absolute atomic E-state index is 11.6. The molecule has 0 bridgehead atoms. The van der Waals surface area contributed by atoms with Gasteiger partial charge in [0, 0.05) is 5.69 Å². The predicted octanol–water partition coefficient (Wildman–Crippen LogP) is 1.28. The van der Waals surface area contributed by atoms with Crippen LogP contribution in [0, 0.1) is 10.4 Å². The van der Waals surface area contributed by atoms with Crippen LogP contribution in [0.2, 0.25) is 0 Å². The fourth-order valence-corrected chi connectivity index (χ4v) is 2.04. The Kier molecular flexibility index (Phi) is 7.39. The molecule has 1 aromatic rings. The number of hydrogen-bond acceptors (Lipinski definition) is 10. The van der Waals surface area contributed by atoms with Crippen LogP contribution in [0.15, 0.2) is 12.1 Å². The molecular formula is C14H18N2O8-2. The van der Waals surface area contributed by atoms with Crippen molar-refractivity contribution in [3.8, 4) is 0 Å². The van der Waals surface area contributed by atoms with Crippen molar-refractivity contribution in [1.29, 1.82) is 0 Å². The zero-order chi connectivity index (χ0) is 18.3. The van der Waals surface area contributed by atoms with Crippen LogP contribution in [0.4, 0.5) is 11.4 Å². The molecule has 10 nitrogen and oxygen atoms in total. The lowest BCUT2D eigenvalue weighted by molar-refractivity contribution is -0.143. The van der Waals surface area contributed by atoms with E-state index in [9.17, 15) is 30.4 Å². The molecular weight excluding hydrogens is 324 g/mol. The number of rotatable bonds is 8. The molecule has 0 aliphatic rings. The molecule has 0 heterocycles. The molecule has 0 spiro atoms. The summed E-state index contributed by atoms with van der Waals surface area (Å²) in [7, 11) is 0. The molecule has 134 valence electrons. The molecule has 2 N–H and O–H groups in total. The minimum absolute atomic E-state index is 0.0299. The number of carbonyl (C=O) groups excluding carboxylic acids is 2. The zero-order valence-electron chi connectivity index (χ0n) is 13.2. The van der Waals surface area contributed by atoms with E-state index in [-0.39, 0.29) is 35.3 Å². The molecule has 1 aromatic carbocycles. The molecule has 0 saturated heterocycles. The SMILES string of the molecule is CCOC(=O)Cc1cc(N(O)O)c(CC(=O)OCC)cc1N([O-])[O-]. The zero-order valence-corrected chi connectivity index (χ0v) is 13.2. The Morgan fingerprint density at radius 3 is 1.75 bits per heavy atom. The Bertz CT molecular complexity index is 537. The number of carbonyl (C=O) groups is 2. The van der Waals surface area contributed by atoms with Crippen LogP contribution < -0.4 is 10.5 Å². The molecule has 0 aliphatic carbocycles. The van der Waals surface area contributed by atoms with Gasteiger partial charge in [0.1, 0.15) is 0 Å². The van der Waals surface area contributed by atoms with Crippen LogP contribution >= 0.6 is 0 Å². The normalized spacial score (nSPS) is 10.2. The number of benzene rings is 1. The number of esters is 2. The quantitative estimate of drug-likeness (QED) is 0.523. The van der Waals surface area contributed by atoms with Gasteiger partial charge in [-0.15, -0.1) is 5.23 Å². The fraction of sp³-hybridized carbons (Fsp3) is 0.429. The van der Waals surface area contributed by atoms with E-state index in [2.05, 4.69) is 0 Å². The lowest BCUT2D eigenvalue weighted by atomic mass is 10.0. The Morgan fingerprint density at radius 1 is 0.958 bits per heavy atom. The lowest BCUT2D eigenvalue weighted by Gasteiger charge is -2.39. The topological polar surface area (TPSA) is 146 Å². The number of hydrogen-bond donors (Lipinski definition) is 2. The highest BCUT2D eigenvalue weighted by Gasteiger charge is 2.18. The third-order valence-electron chi connectivity index (χ3n) is 2.97. The molecule has 0 fully saturated rings. The van der Waals surface area contributed by atoms with Gasteiger partial charge in [-0.05, 0) is 37.1 Å². The summed E-state index contributed by atoms with van der Waals surface area (Å²) >= 11 is 0. The fourth-order valence-electron chi connectivity index (χ4n) is 2.04. The number of ether oxygens (including phenoxy) is 2. The predicted molar refractivity (Wildman–Crippen MR) is 82.4 cm³/mol. The van der Waals surface area contributed by atoms with Gasteiger partial charge in [0.2, 0.25) is 0 Å². The van der Waals surface area contributed by atoms with Crippen molar-refractivity contribution in [2.75, 3.05) is 23.7 Å². The van der Waals surface area contributed by atoms with Crippen molar-refractivity contribution in [3.05, 3.63) is 33.7 Å². The summed E-state index contributed by atoms with van der Waals surface area (Å²) in [5.74, 6) is -1.39. The summed E-state index contributed by atoms with van der Waals surface area (Å²) in [6, 6.07) is 2.05. The molecule has 10 heteroatoms. The maximum Gasteiger partial charge on any atom is 0.310 e. The van der Waals surface area contributed by atoms with E-state index in [1.165, 1.54) is 0 Å². The Balaban J connectivity index is 3.27. The first-order valence-corrected chi connectivity index (χ1v) is 7.09. The van der Waals surface area contributed by atoms with Gasteiger partial charge in [-0.25, -0.2) is 0 Å². The summed E-state index contributed by atoms with van der Waals surface area (Å²) in [4.78, 5) is 23.1. The van der Waals surface area contributed by atoms with E-state index in [1.54, 1.807) is 13.8 Å². The molecule has 0 atom stereocenters. The molecule has 0 saturated carbocycles.